The highest BCUT2D eigenvalue weighted by Gasteiger charge is 2.16. The molecule has 2 N–H and O–H groups in total. The predicted molar refractivity (Wildman–Crippen MR) is 68.3 cm³/mol. The number of hydrogen-bond acceptors (Lipinski definition) is 4. The van der Waals surface area contributed by atoms with Crippen molar-refractivity contribution in [3.63, 3.8) is 0 Å². The maximum absolute atomic E-state index is 10.5. The van der Waals surface area contributed by atoms with Gasteiger partial charge in [0.05, 0.1) is 11.0 Å². The van der Waals surface area contributed by atoms with E-state index in [-0.39, 0.29) is 5.69 Å². The summed E-state index contributed by atoms with van der Waals surface area (Å²) in [6, 6.07) is 6.58. The lowest BCUT2D eigenvalue weighted by atomic mass is 10.1. The quantitative estimate of drug-likeness (QED) is 0.620. The van der Waals surface area contributed by atoms with E-state index in [2.05, 4.69) is 5.32 Å². The van der Waals surface area contributed by atoms with E-state index in [1.807, 2.05) is 0 Å². The van der Waals surface area contributed by atoms with Gasteiger partial charge in [0.1, 0.15) is 0 Å². The number of nitrogens with one attached hydrogen (secondary N) is 1. The number of rotatable bonds is 5. The van der Waals surface area contributed by atoms with E-state index in [0.717, 1.165) is 0 Å². The first-order chi connectivity index (χ1) is 8.66. The average molecular weight is 250 g/mol. The van der Waals surface area contributed by atoms with Crippen LogP contribution >= 0.6 is 0 Å². The molecule has 1 unspecified atom stereocenters. The van der Waals surface area contributed by atoms with Crippen molar-refractivity contribution in [3.8, 4) is 0 Å². The number of aliphatic hydroxyl groups is 1. The molecule has 98 valence electrons. The fraction of sp³-hybridized carbons (Fsp3) is 0.538. The Labute approximate surface area is 106 Å². The molecule has 2 rings (SSSR count). The number of benzene rings is 1. The molecule has 1 atom stereocenters. The smallest absolute Gasteiger partial charge is 0.269 e. The summed E-state index contributed by atoms with van der Waals surface area (Å²) >= 11 is 0. The molecule has 0 aliphatic heterocycles. The average Bonchev–Trinajstić information content (AvgIpc) is 2.89. The Hall–Kier alpha value is -1.46. The monoisotopic (exact) mass is 250 g/mol. The predicted octanol–water partition coefficient (Wildman–Crippen LogP) is 2.16. The number of aliphatic hydroxyl groups excluding tert-OH is 1. The van der Waals surface area contributed by atoms with Gasteiger partial charge in [-0.15, -0.1) is 0 Å². The normalized spacial score (nSPS) is 17.8. The molecule has 1 aromatic carbocycles. The highest BCUT2D eigenvalue weighted by atomic mass is 16.6. The summed E-state index contributed by atoms with van der Waals surface area (Å²) in [7, 11) is 0. The molecule has 0 bridgehead atoms. The van der Waals surface area contributed by atoms with Gasteiger partial charge in [0, 0.05) is 24.7 Å². The first-order valence-corrected chi connectivity index (χ1v) is 6.32. The molecular weight excluding hydrogens is 232 g/mol. The number of nitro groups is 1. The second-order valence-electron chi connectivity index (χ2n) is 4.75. The highest BCUT2D eigenvalue weighted by Crippen LogP contribution is 2.20. The van der Waals surface area contributed by atoms with Crippen molar-refractivity contribution in [2.75, 3.05) is 6.54 Å². The first-order valence-electron chi connectivity index (χ1n) is 6.32. The Kier molecular flexibility index (Phi) is 4.28. The van der Waals surface area contributed by atoms with Crippen molar-refractivity contribution >= 4 is 5.69 Å². The minimum Gasteiger partial charge on any atom is -0.387 e. The van der Waals surface area contributed by atoms with E-state index in [1.54, 1.807) is 12.1 Å². The number of nitro benzene ring substituents is 1. The van der Waals surface area contributed by atoms with Crippen LogP contribution in [0.15, 0.2) is 24.3 Å². The standard InChI is InChI=1S/C13H18N2O3/c16-13(9-14-11-3-1-2-4-11)10-5-7-12(8-6-10)15(17)18/h5-8,11,13-14,16H,1-4,9H2. The van der Waals surface area contributed by atoms with Gasteiger partial charge in [-0.1, -0.05) is 12.8 Å². The van der Waals surface area contributed by atoms with Crippen LogP contribution in [0, 0.1) is 10.1 Å². The van der Waals surface area contributed by atoms with Gasteiger partial charge in [-0.05, 0) is 30.5 Å². The van der Waals surface area contributed by atoms with Crippen LogP contribution in [-0.2, 0) is 0 Å². The lowest BCUT2D eigenvalue weighted by Gasteiger charge is -2.16. The van der Waals surface area contributed by atoms with Gasteiger partial charge in [0.15, 0.2) is 0 Å². The SMILES string of the molecule is O=[N+]([O-])c1ccc(C(O)CNC2CCCC2)cc1. The van der Waals surface area contributed by atoms with E-state index in [0.29, 0.717) is 18.2 Å². The van der Waals surface area contributed by atoms with Gasteiger partial charge < -0.3 is 10.4 Å². The maximum atomic E-state index is 10.5. The Morgan fingerprint density at radius 1 is 1.33 bits per heavy atom. The molecule has 1 aliphatic rings. The van der Waals surface area contributed by atoms with Crippen LogP contribution in [0.4, 0.5) is 5.69 Å². The Bertz CT molecular complexity index is 399. The van der Waals surface area contributed by atoms with Gasteiger partial charge in [0.25, 0.3) is 5.69 Å². The Morgan fingerprint density at radius 2 is 1.94 bits per heavy atom. The third kappa shape index (κ3) is 3.27. The summed E-state index contributed by atoms with van der Waals surface area (Å²) in [4.78, 5) is 10.1. The number of non-ortho nitro benzene ring substituents is 1. The number of hydrogen-bond donors (Lipinski definition) is 2. The minimum absolute atomic E-state index is 0.0507. The van der Waals surface area contributed by atoms with E-state index in [9.17, 15) is 15.2 Å². The van der Waals surface area contributed by atoms with Gasteiger partial charge in [-0.25, -0.2) is 0 Å². The van der Waals surface area contributed by atoms with Crippen LogP contribution < -0.4 is 5.32 Å². The Balaban J connectivity index is 1.87. The van der Waals surface area contributed by atoms with Crippen molar-refractivity contribution in [1.82, 2.24) is 5.32 Å². The summed E-state index contributed by atoms with van der Waals surface area (Å²) < 4.78 is 0. The second kappa shape index (κ2) is 5.93. The van der Waals surface area contributed by atoms with E-state index in [4.69, 9.17) is 0 Å². The third-order valence-electron chi connectivity index (χ3n) is 3.44. The molecule has 0 heterocycles. The molecule has 0 aromatic heterocycles. The van der Waals surface area contributed by atoms with Crippen molar-refractivity contribution in [2.24, 2.45) is 0 Å². The highest BCUT2D eigenvalue weighted by molar-refractivity contribution is 5.33. The topological polar surface area (TPSA) is 75.4 Å². The van der Waals surface area contributed by atoms with Gasteiger partial charge in [-0.2, -0.15) is 0 Å². The largest absolute Gasteiger partial charge is 0.387 e. The van der Waals surface area contributed by atoms with Crippen molar-refractivity contribution in [2.45, 2.75) is 37.8 Å². The fourth-order valence-electron chi connectivity index (χ4n) is 2.34. The van der Waals surface area contributed by atoms with E-state index in [1.165, 1.54) is 37.8 Å². The molecule has 5 heteroatoms. The first kappa shape index (κ1) is 13.0. The molecule has 1 aromatic rings. The zero-order chi connectivity index (χ0) is 13.0. The summed E-state index contributed by atoms with van der Waals surface area (Å²) in [5, 5.41) is 23.8. The van der Waals surface area contributed by atoms with E-state index >= 15 is 0 Å². The zero-order valence-corrected chi connectivity index (χ0v) is 10.2. The van der Waals surface area contributed by atoms with Crippen molar-refractivity contribution in [1.29, 1.82) is 0 Å². The Morgan fingerprint density at radius 3 is 2.50 bits per heavy atom. The third-order valence-corrected chi connectivity index (χ3v) is 3.44. The summed E-state index contributed by atoms with van der Waals surface area (Å²) in [6.07, 6.45) is 4.25. The fourth-order valence-corrected chi connectivity index (χ4v) is 2.34. The number of nitrogens with zero attached hydrogens (tertiary/aromatic N) is 1. The molecule has 1 aliphatic carbocycles. The van der Waals surface area contributed by atoms with Crippen LogP contribution in [0.25, 0.3) is 0 Å². The molecule has 18 heavy (non-hydrogen) atoms. The van der Waals surface area contributed by atoms with Crippen LogP contribution in [0.2, 0.25) is 0 Å². The molecule has 0 amide bonds. The van der Waals surface area contributed by atoms with Crippen LogP contribution in [0.5, 0.6) is 0 Å². The molecule has 0 saturated heterocycles. The molecule has 0 radical (unpaired) electrons. The van der Waals surface area contributed by atoms with Crippen molar-refractivity contribution in [3.05, 3.63) is 39.9 Å². The van der Waals surface area contributed by atoms with Crippen LogP contribution in [-0.4, -0.2) is 22.6 Å². The molecule has 5 nitrogen and oxygen atoms in total. The zero-order valence-electron chi connectivity index (χ0n) is 10.2. The molecule has 0 spiro atoms. The van der Waals surface area contributed by atoms with Crippen molar-refractivity contribution < 1.29 is 10.0 Å². The molecule has 1 saturated carbocycles. The van der Waals surface area contributed by atoms with Gasteiger partial charge >= 0.3 is 0 Å². The van der Waals surface area contributed by atoms with Crippen LogP contribution in [0.1, 0.15) is 37.4 Å². The summed E-state index contributed by atoms with van der Waals surface area (Å²) in [5.41, 5.74) is 0.765. The molecule has 1 fully saturated rings. The van der Waals surface area contributed by atoms with Gasteiger partial charge in [-0.3, -0.25) is 10.1 Å². The van der Waals surface area contributed by atoms with Crippen LogP contribution in [0.3, 0.4) is 0 Å². The maximum Gasteiger partial charge on any atom is 0.269 e. The summed E-state index contributed by atoms with van der Waals surface area (Å²) in [6.45, 7) is 0.502. The lowest BCUT2D eigenvalue weighted by Crippen LogP contribution is -2.30. The van der Waals surface area contributed by atoms with E-state index < -0.39 is 11.0 Å². The lowest BCUT2D eigenvalue weighted by molar-refractivity contribution is -0.384. The second-order valence-corrected chi connectivity index (χ2v) is 4.75. The van der Waals surface area contributed by atoms with Gasteiger partial charge in [0.2, 0.25) is 0 Å². The molecular formula is C13H18N2O3. The minimum atomic E-state index is -0.605. The summed E-state index contributed by atoms with van der Waals surface area (Å²) in [5.74, 6) is 0.